The third kappa shape index (κ3) is 1.62. The van der Waals surface area contributed by atoms with Crippen molar-refractivity contribution in [2.75, 3.05) is 6.26 Å². The molecule has 0 fully saturated rings. The number of aromatic nitrogens is 3. The molecule has 0 aliphatic carbocycles. The highest BCUT2D eigenvalue weighted by Crippen LogP contribution is 2.31. The first-order chi connectivity index (χ1) is 8.72. The van der Waals surface area contributed by atoms with E-state index in [0.717, 1.165) is 16.3 Å². The van der Waals surface area contributed by atoms with Gasteiger partial charge in [0.1, 0.15) is 10.8 Å². The Kier molecular flexibility index (Phi) is 2.62. The Hall–Kier alpha value is -1.77. The highest BCUT2D eigenvalue weighted by atomic mass is 35.5. The van der Waals surface area contributed by atoms with E-state index < -0.39 is 0 Å². The van der Waals surface area contributed by atoms with Gasteiger partial charge in [-0.15, -0.1) is 0 Å². The number of H-pyrrole nitrogens is 1. The quantitative estimate of drug-likeness (QED) is 0.420. The summed E-state index contributed by atoms with van der Waals surface area (Å²) in [4.78, 5) is 11.8. The van der Waals surface area contributed by atoms with Crippen LogP contribution in [0.1, 0.15) is 5.56 Å². The van der Waals surface area contributed by atoms with Crippen molar-refractivity contribution in [3.8, 4) is 6.07 Å². The third-order valence-electron chi connectivity index (χ3n) is 2.70. The van der Waals surface area contributed by atoms with Gasteiger partial charge in [0.05, 0.1) is 17.0 Å². The predicted molar refractivity (Wildman–Crippen MR) is 72.9 cm³/mol. The number of nitriles is 1. The van der Waals surface area contributed by atoms with E-state index >= 15 is 0 Å². The van der Waals surface area contributed by atoms with E-state index in [1.54, 1.807) is 12.1 Å². The summed E-state index contributed by atoms with van der Waals surface area (Å²) in [5.74, 6) is 0. The second-order valence-electron chi connectivity index (χ2n) is 3.72. The van der Waals surface area contributed by atoms with Gasteiger partial charge in [-0.1, -0.05) is 23.4 Å². The highest BCUT2D eigenvalue weighted by molar-refractivity contribution is 7.98. The molecule has 88 valence electrons. The van der Waals surface area contributed by atoms with E-state index in [4.69, 9.17) is 16.9 Å². The molecule has 4 nitrogen and oxygen atoms in total. The fraction of sp³-hybridized carbons (Fsp3) is 0.0833. The summed E-state index contributed by atoms with van der Waals surface area (Å²) >= 11 is 7.63. The number of nitrogens with one attached hydrogen (secondary N) is 1. The van der Waals surface area contributed by atoms with Gasteiger partial charge in [0.2, 0.25) is 0 Å². The molecule has 0 aliphatic rings. The van der Waals surface area contributed by atoms with Crippen molar-refractivity contribution < 1.29 is 0 Å². The van der Waals surface area contributed by atoms with E-state index in [9.17, 15) is 0 Å². The summed E-state index contributed by atoms with van der Waals surface area (Å²) < 4.78 is 0. The molecule has 1 aromatic carbocycles. The molecule has 0 radical (unpaired) electrons. The second kappa shape index (κ2) is 4.16. The van der Waals surface area contributed by atoms with Crippen LogP contribution < -0.4 is 0 Å². The first kappa shape index (κ1) is 11.3. The number of hydrogen-bond acceptors (Lipinski definition) is 4. The Morgan fingerprint density at radius 3 is 2.94 bits per heavy atom. The van der Waals surface area contributed by atoms with Gasteiger partial charge in [-0.3, -0.25) is 0 Å². The maximum Gasteiger partial charge on any atom is 0.190 e. The number of benzene rings is 1. The molecule has 2 aromatic heterocycles. The summed E-state index contributed by atoms with van der Waals surface area (Å²) in [5, 5.41) is 11.6. The van der Waals surface area contributed by atoms with E-state index in [0.29, 0.717) is 21.5 Å². The molecule has 6 heteroatoms. The van der Waals surface area contributed by atoms with Crippen LogP contribution in [0.25, 0.3) is 21.9 Å². The van der Waals surface area contributed by atoms with Crippen LogP contribution in [0, 0.1) is 11.3 Å². The minimum absolute atomic E-state index is 0.408. The molecule has 0 saturated carbocycles. The lowest BCUT2D eigenvalue weighted by atomic mass is 10.1. The van der Waals surface area contributed by atoms with Gasteiger partial charge in [0.15, 0.2) is 5.16 Å². The molecule has 0 saturated heterocycles. The van der Waals surface area contributed by atoms with Crippen LogP contribution in [0.3, 0.4) is 0 Å². The van der Waals surface area contributed by atoms with Crippen LogP contribution in [-0.2, 0) is 0 Å². The summed E-state index contributed by atoms with van der Waals surface area (Å²) in [5.41, 5.74) is 2.19. The molecule has 18 heavy (non-hydrogen) atoms. The smallest absolute Gasteiger partial charge is 0.190 e. The van der Waals surface area contributed by atoms with Crippen LogP contribution in [-0.4, -0.2) is 21.2 Å². The molecule has 0 aliphatic heterocycles. The Morgan fingerprint density at radius 1 is 1.39 bits per heavy atom. The zero-order valence-electron chi connectivity index (χ0n) is 9.36. The summed E-state index contributed by atoms with van der Waals surface area (Å²) in [6, 6.07) is 7.52. The van der Waals surface area contributed by atoms with Gasteiger partial charge in [-0.25, -0.2) is 9.97 Å². The average Bonchev–Trinajstić information content (AvgIpc) is 2.75. The summed E-state index contributed by atoms with van der Waals surface area (Å²) in [6.07, 6.45) is 1.90. The van der Waals surface area contributed by atoms with Gasteiger partial charge >= 0.3 is 0 Å². The molecule has 0 bridgehead atoms. The maximum atomic E-state index is 8.93. The minimum Gasteiger partial charge on any atom is -0.339 e. The first-order valence-corrected chi connectivity index (χ1v) is 6.76. The van der Waals surface area contributed by atoms with Crippen molar-refractivity contribution in [2.45, 2.75) is 5.16 Å². The van der Waals surface area contributed by atoms with E-state index in [1.807, 2.05) is 12.3 Å². The first-order valence-electron chi connectivity index (χ1n) is 5.16. The van der Waals surface area contributed by atoms with Gasteiger partial charge in [-0.05, 0) is 24.5 Å². The van der Waals surface area contributed by atoms with E-state index in [-0.39, 0.29) is 0 Å². The van der Waals surface area contributed by atoms with Crippen molar-refractivity contribution in [2.24, 2.45) is 0 Å². The standard InChI is InChI=1S/C12H7ClN4S/c1-18-12-16-10(13)9-7-4-6(5-14)2-3-8(7)15-11(9)17-12/h2-4H,1H3,(H,15,16,17). The van der Waals surface area contributed by atoms with Gasteiger partial charge in [-0.2, -0.15) is 5.26 Å². The lowest BCUT2D eigenvalue weighted by Gasteiger charge is -1.97. The van der Waals surface area contributed by atoms with Crippen molar-refractivity contribution in [3.05, 3.63) is 28.9 Å². The Bertz CT molecular complexity index is 803. The number of fused-ring (bicyclic) bond motifs is 3. The zero-order valence-corrected chi connectivity index (χ0v) is 10.9. The maximum absolute atomic E-state index is 8.93. The molecule has 1 N–H and O–H groups in total. The van der Waals surface area contributed by atoms with Crippen molar-refractivity contribution in [1.82, 2.24) is 15.0 Å². The predicted octanol–water partition coefficient (Wildman–Crippen LogP) is 3.36. The number of hydrogen-bond donors (Lipinski definition) is 1. The van der Waals surface area contributed by atoms with E-state index in [2.05, 4.69) is 21.0 Å². The largest absolute Gasteiger partial charge is 0.339 e. The minimum atomic E-state index is 0.408. The van der Waals surface area contributed by atoms with Crippen LogP contribution >= 0.6 is 23.4 Å². The topological polar surface area (TPSA) is 65.4 Å². The molecular formula is C12H7ClN4S. The van der Waals surface area contributed by atoms with Gasteiger partial charge in [0, 0.05) is 10.9 Å². The summed E-state index contributed by atoms with van der Waals surface area (Å²) in [7, 11) is 0. The number of halogens is 1. The van der Waals surface area contributed by atoms with Crippen LogP contribution in [0.2, 0.25) is 5.15 Å². The lowest BCUT2D eigenvalue weighted by Crippen LogP contribution is -1.87. The van der Waals surface area contributed by atoms with Gasteiger partial charge in [0.25, 0.3) is 0 Å². The average molecular weight is 275 g/mol. The Labute approximate surface area is 112 Å². The van der Waals surface area contributed by atoms with Crippen molar-refractivity contribution >= 4 is 45.3 Å². The third-order valence-corrected chi connectivity index (χ3v) is 3.52. The number of nitrogens with zero attached hydrogens (tertiary/aromatic N) is 3. The van der Waals surface area contributed by atoms with Crippen LogP contribution in [0.15, 0.2) is 23.4 Å². The van der Waals surface area contributed by atoms with Crippen molar-refractivity contribution in [3.63, 3.8) is 0 Å². The number of thioether (sulfide) groups is 1. The summed E-state index contributed by atoms with van der Waals surface area (Å²) in [6.45, 7) is 0. The molecule has 0 amide bonds. The SMILES string of the molecule is CSc1nc(Cl)c2c(n1)[nH]c1ccc(C#N)cc12. The second-order valence-corrected chi connectivity index (χ2v) is 4.85. The molecule has 0 unspecified atom stereocenters. The fourth-order valence-electron chi connectivity index (χ4n) is 1.89. The number of aromatic amines is 1. The van der Waals surface area contributed by atoms with Crippen molar-refractivity contribution in [1.29, 1.82) is 5.26 Å². The monoisotopic (exact) mass is 274 g/mol. The molecule has 3 rings (SSSR count). The molecule has 0 spiro atoms. The van der Waals surface area contributed by atoms with Crippen LogP contribution in [0.5, 0.6) is 0 Å². The van der Waals surface area contributed by atoms with Gasteiger partial charge < -0.3 is 4.98 Å². The van der Waals surface area contributed by atoms with Crippen LogP contribution in [0.4, 0.5) is 0 Å². The highest BCUT2D eigenvalue weighted by Gasteiger charge is 2.12. The fourth-order valence-corrected chi connectivity index (χ4v) is 2.58. The zero-order chi connectivity index (χ0) is 12.7. The molecular weight excluding hydrogens is 268 g/mol. The Morgan fingerprint density at radius 2 is 2.22 bits per heavy atom. The lowest BCUT2D eigenvalue weighted by molar-refractivity contribution is 1.00. The van der Waals surface area contributed by atoms with E-state index in [1.165, 1.54) is 11.8 Å². The number of rotatable bonds is 1. The molecule has 3 aromatic rings. The normalized spacial score (nSPS) is 10.9. The molecule has 0 atom stereocenters. The molecule has 2 heterocycles. The Balaban J connectivity index is 2.46.